The molecule has 0 saturated carbocycles. The van der Waals surface area contributed by atoms with Gasteiger partial charge in [-0.3, -0.25) is 9.78 Å². The van der Waals surface area contributed by atoms with E-state index in [9.17, 15) is 13.2 Å². The Morgan fingerprint density at radius 2 is 1.77 bits per heavy atom. The quantitative estimate of drug-likeness (QED) is 0.597. The van der Waals surface area contributed by atoms with Crippen molar-refractivity contribution in [3.05, 3.63) is 45.7 Å². The zero-order valence-corrected chi connectivity index (χ0v) is 19.2. The molecule has 0 aliphatic carbocycles. The van der Waals surface area contributed by atoms with E-state index in [1.807, 2.05) is 0 Å². The highest BCUT2D eigenvalue weighted by atomic mass is 35.5. The van der Waals surface area contributed by atoms with Gasteiger partial charge in [0.25, 0.3) is 5.79 Å². The summed E-state index contributed by atoms with van der Waals surface area (Å²) in [6, 6.07) is 3.24. The summed E-state index contributed by atoms with van der Waals surface area (Å²) in [5.41, 5.74) is 0.783. The van der Waals surface area contributed by atoms with Gasteiger partial charge in [0.05, 0.1) is 29.0 Å². The lowest BCUT2D eigenvalue weighted by Gasteiger charge is -2.36. The number of aromatic nitrogens is 1. The fraction of sp³-hybridized carbons (Fsp3) is 0.400. The number of pyridine rings is 1. The molecule has 166 valence electrons. The number of methoxy groups -OCH3 is 1. The van der Waals surface area contributed by atoms with Crippen LogP contribution in [0.4, 0.5) is 0 Å². The lowest BCUT2D eigenvalue weighted by Crippen LogP contribution is -2.51. The van der Waals surface area contributed by atoms with Crippen LogP contribution < -0.4 is 14.2 Å². The van der Waals surface area contributed by atoms with Crippen molar-refractivity contribution in [2.45, 2.75) is 25.0 Å². The molecular weight excluding hydrogens is 467 g/mol. The van der Waals surface area contributed by atoms with Crippen molar-refractivity contribution in [2.24, 2.45) is 0 Å². The summed E-state index contributed by atoms with van der Waals surface area (Å²) < 4.78 is 42.7. The lowest BCUT2D eigenvalue weighted by atomic mass is 10.0. The van der Waals surface area contributed by atoms with Crippen LogP contribution >= 0.6 is 23.2 Å². The van der Waals surface area contributed by atoms with Crippen LogP contribution in [0.1, 0.15) is 28.8 Å². The fourth-order valence-corrected chi connectivity index (χ4v) is 5.09. The standard InChI is InChI=1S/C20H20Cl2N2O6S/c1-28-17-4-3-12(16(25)9-13-14(21)10-23-11-15(13)22)18-19(17)30-20(29-18)5-7-24(8-6-20)31(2,26)27/h3-4,10-11H,5-9H2,1-2H3. The maximum Gasteiger partial charge on any atom is 0.254 e. The molecule has 2 aliphatic rings. The monoisotopic (exact) mass is 486 g/mol. The molecule has 1 spiro atoms. The van der Waals surface area contributed by atoms with Gasteiger partial charge in [-0.1, -0.05) is 23.2 Å². The van der Waals surface area contributed by atoms with Crippen LogP contribution in [0.25, 0.3) is 0 Å². The van der Waals surface area contributed by atoms with E-state index >= 15 is 0 Å². The van der Waals surface area contributed by atoms with Crippen molar-refractivity contribution >= 4 is 39.0 Å². The number of ether oxygens (including phenoxy) is 3. The maximum atomic E-state index is 13.1. The van der Waals surface area contributed by atoms with E-state index in [-0.39, 0.29) is 31.0 Å². The zero-order chi connectivity index (χ0) is 22.4. The van der Waals surface area contributed by atoms with Crippen LogP contribution in [0.5, 0.6) is 17.2 Å². The van der Waals surface area contributed by atoms with Crippen molar-refractivity contribution in [1.29, 1.82) is 0 Å². The van der Waals surface area contributed by atoms with Gasteiger partial charge in [-0.2, -0.15) is 0 Å². The van der Waals surface area contributed by atoms with Crippen molar-refractivity contribution in [1.82, 2.24) is 9.29 Å². The van der Waals surface area contributed by atoms with Gasteiger partial charge in [-0.25, -0.2) is 12.7 Å². The molecule has 1 saturated heterocycles. The van der Waals surface area contributed by atoms with Crippen LogP contribution in [-0.4, -0.2) is 55.7 Å². The lowest BCUT2D eigenvalue weighted by molar-refractivity contribution is -0.110. The average Bonchev–Trinajstić information content (AvgIpc) is 3.08. The SMILES string of the molecule is COc1ccc(C(=O)Cc2c(Cl)cncc2Cl)c2c1OC1(CCN(S(C)(=O)=O)CC1)O2. The molecular formula is C20H20Cl2N2O6S. The highest BCUT2D eigenvalue weighted by molar-refractivity contribution is 7.88. The van der Waals surface area contributed by atoms with E-state index in [1.54, 1.807) is 12.1 Å². The first-order valence-electron chi connectivity index (χ1n) is 9.49. The van der Waals surface area contributed by atoms with Gasteiger partial charge in [0, 0.05) is 50.3 Å². The smallest absolute Gasteiger partial charge is 0.254 e. The van der Waals surface area contributed by atoms with Crippen molar-refractivity contribution in [3.63, 3.8) is 0 Å². The average molecular weight is 487 g/mol. The maximum absolute atomic E-state index is 13.1. The third-order valence-electron chi connectivity index (χ3n) is 5.42. The number of halogens is 2. The molecule has 0 amide bonds. The third-order valence-corrected chi connectivity index (χ3v) is 7.37. The van der Waals surface area contributed by atoms with Gasteiger partial charge in [-0.05, 0) is 12.1 Å². The Hall–Kier alpha value is -2.07. The van der Waals surface area contributed by atoms with Crippen LogP contribution in [0.15, 0.2) is 24.5 Å². The molecule has 2 aromatic rings. The molecule has 3 heterocycles. The van der Waals surface area contributed by atoms with Crippen molar-refractivity contribution in [3.8, 4) is 17.2 Å². The van der Waals surface area contributed by atoms with E-state index in [4.69, 9.17) is 37.4 Å². The van der Waals surface area contributed by atoms with Gasteiger partial charge in [-0.15, -0.1) is 0 Å². The zero-order valence-electron chi connectivity index (χ0n) is 16.9. The fourth-order valence-electron chi connectivity index (χ4n) is 3.74. The van der Waals surface area contributed by atoms with Crippen LogP contribution in [0, 0.1) is 0 Å². The molecule has 8 nitrogen and oxygen atoms in total. The predicted octanol–water partition coefficient (Wildman–Crippen LogP) is 3.35. The Bertz CT molecular complexity index is 1130. The number of carbonyl (C=O) groups is 1. The summed E-state index contributed by atoms with van der Waals surface area (Å²) in [5, 5.41) is 0.598. The normalized spacial score (nSPS) is 17.7. The number of rotatable bonds is 5. The number of fused-ring (bicyclic) bond motifs is 1. The first kappa shape index (κ1) is 22.1. The number of benzene rings is 1. The molecule has 0 unspecified atom stereocenters. The molecule has 31 heavy (non-hydrogen) atoms. The summed E-state index contributed by atoms with van der Waals surface area (Å²) in [5.74, 6) is -0.289. The van der Waals surface area contributed by atoms with Crippen LogP contribution in [-0.2, 0) is 16.4 Å². The second-order valence-electron chi connectivity index (χ2n) is 7.43. The first-order chi connectivity index (χ1) is 14.6. The molecule has 0 atom stereocenters. The highest BCUT2D eigenvalue weighted by Gasteiger charge is 2.48. The van der Waals surface area contributed by atoms with E-state index in [2.05, 4.69) is 4.98 Å². The number of hydrogen-bond acceptors (Lipinski definition) is 7. The Balaban J connectivity index is 1.63. The summed E-state index contributed by atoms with van der Waals surface area (Å²) in [6.45, 7) is 0.501. The largest absolute Gasteiger partial charge is 0.493 e. The van der Waals surface area contributed by atoms with E-state index in [0.29, 0.717) is 45.5 Å². The molecule has 1 fully saturated rings. The molecule has 0 radical (unpaired) electrons. The molecule has 1 aromatic heterocycles. The second-order valence-corrected chi connectivity index (χ2v) is 10.2. The molecule has 2 aliphatic heterocycles. The molecule has 0 bridgehead atoms. The van der Waals surface area contributed by atoms with E-state index in [0.717, 1.165) is 0 Å². The van der Waals surface area contributed by atoms with E-state index < -0.39 is 15.8 Å². The van der Waals surface area contributed by atoms with Gasteiger partial charge in [0.1, 0.15) is 0 Å². The number of nitrogens with zero attached hydrogens (tertiary/aromatic N) is 2. The number of ketones is 1. The van der Waals surface area contributed by atoms with Crippen molar-refractivity contribution < 1.29 is 27.4 Å². The minimum absolute atomic E-state index is 0.0445. The minimum atomic E-state index is -3.30. The third kappa shape index (κ3) is 4.19. The summed E-state index contributed by atoms with van der Waals surface area (Å²) in [6.07, 6.45) is 4.61. The Morgan fingerprint density at radius 3 is 2.35 bits per heavy atom. The summed E-state index contributed by atoms with van der Waals surface area (Å²) in [4.78, 5) is 17.0. The number of Topliss-reactive ketones (excluding diaryl/α,β-unsaturated/α-hetero) is 1. The molecule has 4 rings (SSSR count). The van der Waals surface area contributed by atoms with Gasteiger partial charge in [0.2, 0.25) is 15.8 Å². The van der Waals surface area contributed by atoms with Gasteiger partial charge >= 0.3 is 0 Å². The summed E-state index contributed by atoms with van der Waals surface area (Å²) in [7, 11) is -1.81. The topological polar surface area (TPSA) is 95.0 Å². The number of hydrogen-bond donors (Lipinski definition) is 0. The predicted molar refractivity (Wildman–Crippen MR) is 115 cm³/mol. The number of sulfonamides is 1. The first-order valence-corrected chi connectivity index (χ1v) is 12.1. The Labute approximate surface area is 190 Å². The molecule has 1 aromatic carbocycles. The number of carbonyl (C=O) groups excluding carboxylic acids is 1. The highest BCUT2D eigenvalue weighted by Crippen LogP contribution is 2.51. The second kappa shape index (κ2) is 8.12. The Morgan fingerprint density at radius 1 is 1.16 bits per heavy atom. The van der Waals surface area contributed by atoms with Crippen molar-refractivity contribution in [2.75, 3.05) is 26.5 Å². The number of piperidine rings is 1. The Kier molecular flexibility index (Phi) is 5.80. The van der Waals surface area contributed by atoms with Crippen LogP contribution in [0.2, 0.25) is 10.0 Å². The van der Waals surface area contributed by atoms with Crippen LogP contribution in [0.3, 0.4) is 0 Å². The summed E-state index contributed by atoms with van der Waals surface area (Å²) >= 11 is 12.3. The minimum Gasteiger partial charge on any atom is -0.493 e. The van der Waals surface area contributed by atoms with Gasteiger partial charge < -0.3 is 14.2 Å². The van der Waals surface area contributed by atoms with Gasteiger partial charge in [0.15, 0.2) is 17.3 Å². The molecule has 11 heteroatoms. The molecule has 0 N–H and O–H groups in total. The van der Waals surface area contributed by atoms with E-state index in [1.165, 1.54) is 30.1 Å².